The molecule has 6 nitrogen and oxygen atoms in total. The van der Waals surface area contributed by atoms with Crippen LogP contribution in [0.15, 0.2) is 47.4 Å². The fourth-order valence-corrected chi connectivity index (χ4v) is 4.32. The third-order valence-corrected chi connectivity index (χ3v) is 6.07. The molecule has 1 saturated heterocycles. The van der Waals surface area contributed by atoms with Crippen molar-refractivity contribution in [1.29, 1.82) is 0 Å². The van der Waals surface area contributed by atoms with E-state index >= 15 is 0 Å². The standard InChI is InChI=1S/C19H18F2N4O2S/c20-13-7-8-17(15(21)11-13)28(26,27)22-12-18-23-16-6-2-1-5-14(16)19(24-18)25-9-3-4-10-25/h1-2,5-8,11,22H,3-4,9-10,12H2. The Balaban J connectivity index is 1.64. The van der Waals surface area contributed by atoms with E-state index in [1.165, 1.54) is 0 Å². The second-order valence-electron chi connectivity index (χ2n) is 6.57. The van der Waals surface area contributed by atoms with Crippen LogP contribution >= 0.6 is 0 Å². The van der Waals surface area contributed by atoms with Crippen LogP contribution in [0.25, 0.3) is 10.9 Å². The molecule has 0 spiro atoms. The number of fused-ring (bicyclic) bond motifs is 1. The van der Waals surface area contributed by atoms with E-state index in [0.717, 1.165) is 49.3 Å². The largest absolute Gasteiger partial charge is 0.356 e. The Kier molecular flexibility index (Phi) is 4.94. The van der Waals surface area contributed by atoms with Gasteiger partial charge in [0.05, 0.1) is 12.1 Å². The summed E-state index contributed by atoms with van der Waals surface area (Å²) in [7, 11) is -4.18. The van der Waals surface area contributed by atoms with Crippen LogP contribution in [0.2, 0.25) is 0 Å². The number of halogens is 2. The molecule has 28 heavy (non-hydrogen) atoms. The third kappa shape index (κ3) is 3.67. The summed E-state index contributed by atoms with van der Waals surface area (Å²) in [5.41, 5.74) is 0.710. The summed E-state index contributed by atoms with van der Waals surface area (Å²) >= 11 is 0. The highest BCUT2D eigenvalue weighted by Crippen LogP contribution is 2.27. The highest BCUT2D eigenvalue weighted by molar-refractivity contribution is 7.89. The van der Waals surface area contributed by atoms with Gasteiger partial charge in [0.25, 0.3) is 0 Å². The van der Waals surface area contributed by atoms with Gasteiger partial charge >= 0.3 is 0 Å². The van der Waals surface area contributed by atoms with Crippen molar-refractivity contribution in [3.8, 4) is 0 Å². The van der Waals surface area contributed by atoms with Crippen LogP contribution in [-0.4, -0.2) is 31.5 Å². The molecule has 0 aliphatic carbocycles. The van der Waals surface area contributed by atoms with Crippen molar-refractivity contribution in [3.05, 3.63) is 59.9 Å². The van der Waals surface area contributed by atoms with Crippen molar-refractivity contribution in [3.63, 3.8) is 0 Å². The molecule has 1 aliphatic rings. The van der Waals surface area contributed by atoms with Gasteiger partial charge in [-0.2, -0.15) is 0 Å². The lowest BCUT2D eigenvalue weighted by molar-refractivity contribution is 0.542. The number of sulfonamides is 1. The van der Waals surface area contributed by atoms with Gasteiger partial charge < -0.3 is 4.90 Å². The van der Waals surface area contributed by atoms with Gasteiger partial charge in [-0.15, -0.1) is 0 Å². The molecule has 0 unspecified atom stereocenters. The van der Waals surface area contributed by atoms with Gasteiger partial charge in [0.15, 0.2) is 0 Å². The molecule has 2 heterocycles. The van der Waals surface area contributed by atoms with Crippen molar-refractivity contribution >= 4 is 26.7 Å². The van der Waals surface area contributed by atoms with E-state index in [9.17, 15) is 17.2 Å². The predicted molar refractivity (Wildman–Crippen MR) is 101 cm³/mol. The first-order valence-corrected chi connectivity index (χ1v) is 10.4. The predicted octanol–water partition coefficient (Wildman–Crippen LogP) is 2.99. The Morgan fingerprint density at radius 1 is 1.04 bits per heavy atom. The van der Waals surface area contributed by atoms with Gasteiger partial charge in [-0.05, 0) is 37.1 Å². The van der Waals surface area contributed by atoms with Crippen molar-refractivity contribution < 1.29 is 17.2 Å². The SMILES string of the molecule is O=S(=O)(NCc1nc(N2CCCC2)c2ccccc2n1)c1ccc(F)cc1F. The van der Waals surface area contributed by atoms with Crippen molar-refractivity contribution in [2.75, 3.05) is 18.0 Å². The first-order chi connectivity index (χ1) is 13.4. The highest BCUT2D eigenvalue weighted by Gasteiger charge is 2.21. The van der Waals surface area contributed by atoms with Gasteiger partial charge in [0, 0.05) is 24.5 Å². The number of nitrogens with zero attached hydrogens (tertiary/aromatic N) is 3. The van der Waals surface area contributed by atoms with E-state index in [1.54, 1.807) is 0 Å². The Hall–Kier alpha value is -2.65. The number of anilines is 1. The zero-order valence-electron chi connectivity index (χ0n) is 14.9. The molecule has 146 valence electrons. The molecule has 4 rings (SSSR count). The average molecular weight is 404 g/mol. The number of nitrogens with one attached hydrogen (secondary N) is 1. The molecule has 0 saturated carbocycles. The topological polar surface area (TPSA) is 75.2 Å². The minimum Gasteiger partial charge on any atom is -0.356 e. The third-order valence-electron chi connectivity index (χ3n) is 4.64. The number of aromatic nitrogens is 2. The molecule has 1 aliphatic heterocycles. The molecule has 9 heteroatoms. The molecule has 0 bridgehead atoms. The van der Waals surface area contributed by atoms with Gasteiger partial charge in [-0.1, -0.05) is 12.1 Å². The molecule has 2 aromatic carbocycles. The van der Waals surface area contributed by atoms with E-state index in [1.807, 2.05) is 24.3 Å². The minimum absolute atomic E-state index is 0.204. The fraction of sp³-hybridized carbons (Fsp3) is 0.263. The van der Waals surface area contributed by atoms with E-state index in [-0.39, 0.29) is 12.4 Å². The monoisotopic (exact) mass is 404 g/mol. The summed E-state index contributed by atoms with van der Waals surface area (Å²) in [4.78, 5) is 10.5. The zero-order chi connectivity index (χ0) is 19.7. The van der Waals surface area contributed by atoms with Crippen LogP contribution < -0.4 is 9.62 Å². The maximum atomic E-state index is 13.9. The van der Waals surface area contributed by atoms with Crippen LogP contribution in [0, 0.1) is 11.6 Å². The molecule has 1 aromatic heterocycles. The molecule has 1 fully saturated rings. The van der Waals surface area contributed by atoms with Crippen molar-refractivity contribution in [2.24, 2.45) is 0 Å². The van der Waals surface area contributed by atoms with Crippen molar-refractivity contribution in [2.45, 2.75) is 24.3 Å². The smallest absolute Gasteiger partial charge is 0.243 e. The van der Waals surface area contributed by atoms with Crippen molar-refractivity contribution in [1.82, 2.24) is 14.7 Å². The summed E-state index contributed by atoms with van der Waals surface area (Å²) in [5, 5.41) is 0.903. The average Bonchev–Trinajstić information content (AvgIpc) is 3.20. The van der Waals surface area contributed by atoms with Crippen LogP contribution in [0.5, 0.6) is 0 Å². The molecule has 0 amide bonds. The van der Waals surface area contributed by atoms with Crippen LogP contribution in [0.4, 0.5) is 14.6 Å². The van der Waals surface area contributed by atoms with Gasteiger partial charge in [-0.3, -0.25) is 0 Å². The highest BCUT2D eigenvalue weighted by atomic mass is 32.2. The number of hydrogen-bond donors (Lipinski definition) is 1. The number of para-hydroxylation sites is 1. The Morgan fingerprint density at radius 3 is 2.54 bits per heavy atom. The van der Waals surface area contributed by atoms with Gasteiger partial charge in [-0.25, -0.2) is 31.9 Å². The summed E-state index contributed by atoms with van der Waals surface area (Å²) in [5.74, 6) is -0.939. The Morgan fingerprint density at radius 2 is 1.79 bits per heavy atom. The number of hydrogen-bond acceptors (Lipinski definition) is 5. The van der Waals surface area contributed by atoms with Crippen LogP contribution in [0.3, 0.4) is 0 Å². The molecular weight excluding hydrogens is 386 g/mol. The second kappa shape index (κ2) is 7.40. The van der Waals surface area contributed by atoms with Crippen LogP contribution in [0.1, 0.15) is 18.7 Å². The maximum absolute atomic E-state index is 13.9. The molecule has 0 atom stereocenters. The zero-order valence-corrected chi connectivity index (χ0v) is 15.7. The summed E-state index contributed by atoms with van der Waals surface area (Å²) in [6, 6.07) is 9.86. The summed E-state index contributed by atoms with van der Waals surface area (Å²) < 4.78 is 54.0. The quantitative estimate of drug-likeness (QED) is 0.708. The summed E-state index contributed by atoms with van der Waals surface area (Å²) in [6.07, 6.45) is 2.15. The number of benzene rings is 2. The Bertz CT molecular complexity index is 1130. The molecule has 0 radical (unpaired) electrons. The van der Waals surface area contributed by atoms with Gasteiger partial charge in [0.1, 0.15) is 28.2 Å². The fourth-order valence-electron chi connectivity index (χ4n) is 3.29. The van der Waals surface area contributed by atoms with E-state index < -0.39 is 26.6 Å². The van der Waals surface area contributed by atoms with E-state index in [0.29, 0.717) is 11.6 Å². The molecule has 1 N–H and O–H groups in total. The minimum atomic E-state index is -4.18. The van der Waals surface area contributed by atoms with E-state index in [4.69, 9.17) is 0 Å². The molecule has 3 aromatic rings. The first-order valence-electron chi connectivity index (χ1n) is 8.89. The lowest BCUT2D eigenvalue weighted by Gasteiger charge is -2.19. The lowest BCUT2D eigenvalue weighted by atomic mass is 10.2. The second-order valence-corrected chi connectivity index (χ2v) is 8.31. The molecular formula is C19H18F2N4O2S. The Labute approximate surface area is 161 Å². The summed E-state index contributed by atoms with van der Waals surface area (Å²) in [6.45, 7) is 1.56. The maximum Gasteiger partial charge on any atom is 0.243 e. The van der Waals surface area contributed by atoms with Crippen LogP contribution in [-0.2, 0) is 16.6 Å². The van der Waals surface area contributed by atoms with Gasteiger partial charge in [0.2, 0.25) is 10.0 Å². The number of rotatable bonds is 5. The van der Waals surface area contributed by atoms with E-state index in [2.05, 4.69) is 19.6 Å². The normalized spacial score (nSPS) is 14.7. The first kappa shape index (κ1) is 18.7. The lowest BCUT2D eigenvalue weighted by Crippen LogP contribution is -2.26.